The summed E-state index contributed by atoms with van der Waals surface area (Å²) >= 11 is 0. The van der Waals surface area contributed by atoms with E-state index in [4.69, 9.17) is 0 Å². The van der Waals surface area contributed by atoms with E-state index >= 15 is 0 Å². The number of halogens is 1. The number of amides is 2. The fraction of sp³-hybridized carbons (Fsp3) is 0.158. The van der Waals surface area contributed by atoms with Crippen LogP contribution in [0.4, 0.5) is 21.5 Å². The Morgan fingerprint density at radius 2 is 2.13 bits per heavy atom. The van der Waals surface area contributed by atoms with E-state index in [1.165, 1.54) is 17.2 Å². The second-order valence-electron chi connectivity index (χ2n) is 6.64. The molecular formula is C19H15FN6O4. The van der Waals surface area contributed by atoms with Crippen molar-refractivity contribution < 1.29 is 18.9 Å². The first-order valence-corrected chi connectivity index (χ1v) is 8.93. The molecule has 1 fully saturated rings. The van der Waals surface area contributed by atoms with Crippen molar-refractivity contribution >= 4 is 28.9 Å². The van der Waals surface area contributed by atoms with Gasteiger partial charge in [-0.1, -0.05) is 0 Å². The van der Waals surface area contributed by atoms with E-state index in [1.807, 2.05) is 0 Å². The van der Waals surface area contributed by atoms with Crippen LogP contribution in [0.2, 0.25) is 0 Å². The van der Waals surface area contributed by atoms with Gasteiger partial charge in [0, 0.05) is 31.4 Å². The summed E-state index contributed by atoms with van der Waals surface area (Å²) in [5.41, 5.74) is -0.0931. The monoisotopic (exact) mass is 410 g/mol. The number of benzene rings is 1. The molecule has 1 N–H and O–H groups in total. The number of pyridine rings is 1. The van der Waals surface area contributed by atoms with Gasteiger partial charge in [-0.2, -0.15) is 9.49 Å². The Hall–Kier alpha value is -4.15. The zero-order valence-electron chi connectivity index (χ0n) is 15.4. The summed E-state index contributed by atoms with van der Waals surface area (Å²) in [6, 6.07) is 8.31. The van der Waals surface area contributed by atoms with Crippen LogP contribution >= 0.6 is 0 Å². The van der Waals surface area contributed by atoms with E-state index < -0.39 is 22.3 Å². The number of anilines is 2. The van der Waals surface area contributed by atoms with E-state index in [0.717, 1.165) is 12.1 Å². The highest BCUT2D eigenvalue weighted by Gasteiger charge is 2.36. The zero-order chi connectivity index (χ0) is 21.3. The third kappa shape index (κ3) is 3.72. The summed E-state index contributed by atoms with van der Waals surface area (Å²) in [5, 5.41) is 17.7. The molecule has 1 saturated heterocycles. The van der Waals surface area contributed by atoms with Crippen LogP contribution in [0, 0.1) is 21.8 Å². The van der Waals surface area contributed by atoms with Gasteiger partial charge in [-0.05, 0) is 30.3 Å². The molecule has 0 unspecified atom stereocenters. The van der Waals surface area contributed by atoms with Crippen LogP contribution in [0.3, 0.4) is 0 Å². The van der Waals surface area contributed by atoms with Crippen molar-refractivity contribution in [3.8, 4) is 5.82 Å². The molecule has 2 amide bonds. The number of hydrogen-bond donors (Lipinski definition) is 1. The third-order valence-corrected chi connectivity index (χ3v) is 4.69. The molecule has 4 rings (SSSR count). The zero-order valence-corrected chi connectivity index (χ0v) is 15.4. The lowest BCUT2D eigenvalue weighted by Crippen LogP contribution is -2.28. The Kier molecular flexibility index (Phi) is 4.92. The lowest BCUT2D eigenvalue weighted by atomic mass is 10.1. The standard InChI is InChI=1S/C19H15FN6O4/c20-15-4-3-14(9-16(15)26(29)30)24-11-12(8-18(24)27)19(28)23-13-2-5-17(21-10-13)25-7-1-6-22-25/h1-7,9-10,12H,8,11H2,(H,23,28)/t12-/m1/s1. The van der Waals surface area contributed by atoms with Crippen molar-refractivity contribution in [2.75, 3.05) is 16.8 Å². The first-order valence-electron chi connectivity index (χ1n) is 8.93. The van der Waals surface area contributed by atoms with Crippen molar-refractivity contribution in [1.29, 1.82) is 0 Å². The number of nitrogens with zero attached hydrogens (tertiary/aromatic N) is 5. The average Bonchev–Trinajstić information content (AvgIpc) is 3.39. The summed E-state index contributed by atoms with van der Waals surface area (Å²) in [6.07, 6.45) is 4.78. The molecular weight excluding hydrogens is 395 g/mol. The number of rotatable bonds is 5. The molecule has 3 heterocycles. The van der Waals surface area contributed by atoms with Crippen LogP contribution in [0.15, 0.2) is 55.0 Å². The summed E-state index contributed by atoms with van der Waals surface area (Å²) in [6.45, 7) is 0.0340. The third-order valence-electron chi connectivity index (χ3n) is 4.69. The minimum Gasteiger partial charge on any atom is -0.324 e. The molecule has 1 atom stereocenters. The average molecular weight is 410 g/mol. The van der Waals surface area contributed by atoms with Crippen molar-refractivity contribution in [3.05, 3.63) is 70.9 Å². The van der Waals surface area contributed by atoms with Gasteiger partial charge in [-0.3, -0.25) is 19.7 Å². The van der Waals surface area contributed by atoms with Gasteiger partial charge in [-0.25, -0.2) is 9.67 Å². The number of nitro groups is 1. The molecule has 1 aliphatic rings. The molecule has 0 bridgehead atoms. The van der Waals surface area contributed by atoms with E-state index in [1.54, 1.807) is 35.3 Å². The Labute approximate surface area is 169 Å². The van der Waals surface area contributed by atoms with Crippen molar-refractivity contribution in [2.45, 2.75) is 6.42 Å². The molecule has 0 saturated carbocycles. The number of aromatic nitrogens is 3. The molecule has 3 aromatic rings. The minimum atomic E-state index is -0.990. The molecule has 152 valence electrons. The summed E-state index contributed by atoms with van der Waals surface area (Å²) < 4.78 is 15.1. The molecule has 0 spiro atoms. The van der Waals surface area contributed by atoms with Gasteiger partial charge in [0.05, 0.1) is 28.4 Å². The lowest BCUT2D eigenvalue weighted by molar-refractivity contribution is -0.387. The number of carbonyl (C=O) groups is 2. The number of nitro benzene ring substituents is 1. The SMILES string of the molecule is O=C(Nc1ccc(-n2cccn2)nc1)[C@@H]1CC(=O)N(c2ccc(F)c([N+](=O)[O-])c2)C1. The fourth-order valence-electron chi connectivity index (χ4n) is 3.19. The molecule has 11 heteroatoms. The molecule has 1 aliphatic heterocycles. The normalized spacial score (nSPS) is 16.0. The fourth-order valence-corrected chi connectivity index (χ4v) is 3.19. The summed E-state index contributed by atoms with van der Waals surface area (Å²) in [7, 11) is 0. The highest BCUT2D eigenvalue weighted by Crippen LogP contribution is 2.30. The van der Waals surface area contributed by atoms with Crippen molar-refractivity contribution in [3.63, 3.8) is 0 Å². The molecule has 2 aromatic heterocycles. The van der Waals surface area contributed by atoms with Crippen LogP contribution in [0.25, 0.3) is 5.82 Å². The quantitative estimate of drug-likeness (QED) is 0.509. The predicted molar refractivity (Wildman–Crippen MR) is 104 cm³/mol. The first-order chi connectivity index (χ1) is 14.4. The first kappa shape index (κ1) is 19.2. The van der Waals surface area contributed by atoms with Gasteiger partial charge < -0.3 is 10.2 Å². The van der Waals surface area contributed by atoms with Crippen LogP contribution in [0.5, 0.6) is 0 Å². The molecule has 10 nitrogen and oxygen atoms in total. The number of nitrogens with one attached hydrogen (secondary N) is 1. The van der Waals surface area contributed by atoms with Gasteiger partial charge in [-0.15, -0.1) is 0 Å². The molecule has 1 aromatic carbocycles. The van der Waals surface area contributed by atoms with Gasteiger partial charge in [0.25, 0.3) is 0 Å². The minimum absolute atomic E-state index is 0.0340. The maximum Gasteiger partial charge on any atom is 0.306 e. The van der Waals surface area contributed by atoms with Crippen LogP contribution in [0.1, 0.15) is 6.42 Å². The Morgan fingerprint density at radius 1 is 1.30 bits per heavy atom. The van der Waals surface area contributed by atoms with Gasteiger partial charge >= 0.3 is 5.69 Å². The van der Waals surface area contributed by atoms with E-state index in [-0.39, 0.29) is 30.5 Å². The van der Waals surface area contributed by atoms with Gasteiger partial charge in [0.1, 0.15) is 0 Å². The van der Waals surface area contributed by atoms with Crippen LogP contribution in [-0.4, -0.2) is 38.0 Å². The van der Waals surface area contributed by atoms with Gasteiger partial charge in [0.2, 0.25) is 17.6 Å². The predicted octanol–water partition coefficient (Wildman–Crippen LogP) is 2.31. The Balaban J connectivity index is 1.44. The highest BCUT2D eigenvalue weighted by atomic mass is 19.1. The van der Waals surface area contributed by atoms with Crippen molar-refractivity contribution in [1.82, 2.24) is 14.8 Å². The van der Waals surface area contributed by atoms with Gasteiger partial charge in [0.15, 0.2) is 5.82 Å². The molecule has 0 aliphatic carbocycles. The summed E-state index contributed by atoms with van der Waals surface area (Å²) in [4.78, 5) is 40.5. The van der Waals surface area contributed by atoms with Crippen LogP contribution < -0.4 is 10.2 Å². The van der Waals surface area contributed by atoms with E-state index in [2.05, 4.69) is 15.4 Å². The lowest BCUT2D eigenvalue weighted by Gasteiger charge is -2.16. The second-order valence-corrected chi connectivity index (χ2v) is 6.64. The van der Waals surface area contributed by atoms with E-state index in [0.29, 0.717) is 11.5 Å². The maximum atomic E-state index is 13.5. The largest absolute Gasteiger partial charge is 0.324 e. The van der Waals surface area contributed by atoms with E-state index in [9.17, 15) is 24.1 Å². The maximum absolute atomic E-state index is 13.5. The number of hydrogen-bond acceptors (Lipinski definition) is 6. The van der Waals surface area contributed by atoms with Crippen molar-refractivity contribution in [2.24, 2.45) is 5.92 Å². The summed E-state index contributed by atoms with van der Waals surface area (Å²) in [5.74, 6) is -1.82. The Morgan fingerprint density at radius 3 is 2.80 bits per heavy atom. The number of carbonyl (C=O) groups excluding carboxylic acids is 2. The smallest absolute Gasteiger partial charge is 0.306 e. The highest BCUT2D eigenvalue weighted by molar-refractivity contribution is 6.03. The molecule has 0 radical (unpaired) electrons. The second kappa shape index (κ2) is 7.70. The topological polar surface area (TPSA) is 123 Å². The Bertz CT molecular complexity index is 1120. The van der Waals surface area contributed by atoms with Crippen LogP contribution in [-0.2, 0) is 9.59 Å². The molecule has 30 heavy (non-hydrogen) atoms.